The standard InChI is InChI=1S/C13H24ClN2O3P/c1-8(2)18-20(19-9(3)4)12(14)13(17)16-11(6)7-10(5)15-16/h7-9,12H,20H2,1-6H3. The van der Waals surface area contributed by atoms with Gasteiger partial charge in [-0.3, -0.25) is 0 Å². The van der Waals surface area contributed by atoms with Gasteiger partial charge in [-0.15, -0.1) is 0 Å². The van der Waals surface area contributed by atoms with Gasteiger partial charge in [0, 0.05) is 0 Å². The Hall–Kier alpha value is -0.480. The van der Waals surface area contributed by atoms with Gasteiger partial charge in [-0.05, 0) is 0 Å². The predicted molar refractivity (Wildman–Crippen MR) is 84.1 cm³/mol. The van der Waals surface area contributed by atoms with E-state index in [1.54, 1.807) is 0 Å². The summed E-state index contributed by atoms with van der Waals surface area (Å²) >= 11 is 6.30. The fourth-order valence-electron chi connectivity index (χ4n) is 1.79. The van der Waals surface area contributed by atoms with Crippen molar-refractivity contribution in [2.24, 2.45) is 0 Å². The fourth-order valence-corrected chi connectivity index (χ4v) is 4.03. The molecule has 1 atom stereocenters. The SMILES string of the molecule is Cc1cc(C)n(C(=O)C(Cl)[PH2](OC(C)C)OC(C)C)n1. The number of aromatic nitrogens is 2. The Morgan fingerprint density at radius 3 is 2.10 bits per heavy atom. The molecule has 1 rings (SSSR count). The van der Waals surface area contributed by atoms with Crippen molar-refractivity contribution in [1.82, 2.24) is 9.78 Å². The van der Waals surface area contributed by atoms with E-state index >= 15 is 0 Å². The van der Waals surface area contributed by atoms with Crippen LogP contribution in [-0.4, -0.2) is 33.0 Å². The number of halogens is 1. The minimum atomic E-state index is -2.33. The van der Waals surface area contributed by atoms with Crippen LogP contribution in [0, 0.1) is 13.8 Å². The number of carbonyl (C=O) groups is 1. The van der Waals surface area contributed by atoms with Gasteiger partial charge in [0.2, 0.25) is 0 Å². The average molecular weight is 323 g/mol. The second-order valence-corrected chi connectivity index (χ2v) is 8.16. The van der Waals surface area contributed by atoms with E-state index in [0.717, 1.165) is 11.4 Å². The molecule has 0 amide bonds. The Morgan fingerprint density at radius 1 is 1.25 bits per heavy atom. The molecule has 1 aromatic rings. The van der Waals surface area contributed by atoms with Crippen LogP contribution in [0.25, 0.3) is 0 Å². The summed E-state index contributed by atoms with van der Waals surface area (Å²) in [4.78, 5) is 12.4. The van der Waals surface area contributed by atoms with Crippen molar-refractivity contribution in [2.45, 2.75) is 58.9 Å². The molecule has 0 saturated carbocycles. The molecule has 0 N–H and O–H groups in total. The monoisotopic (exact) mass is 322 g/mol. The van der Waals surface area contributed by atoms with E-state index in [0.29, 0.717) is 0 Å². The third kappa shape index (κ3) is 4.81. The third-order valence-corrected chi connectivity index (χ3v) is 5.70. The van der Waals surface area contributed by atoms with E-state index in [1.807, 2.05) is 47.6 Å². The van der Waals surface area contributed by atoms with E-state index in [9.17, 15) is 4.79 Å². The van der Waals surface area contributed by atoms with Crippen molar-refractivity contribution in [1.29, 1.82) is 0 Å². The molecule has 5 nitrogen and oxygen atoms in total. The van der Waals surface area contributed by atoms with E-state index in [1.165, 1.54) is 4.68 Å². The first-order valence-electron chi connectivity index (χ1n) is 6.74. The zero-order valence-corrected chi connectivity index (χ0v) is 14.8. The van der Waals surface area contributed by atoms with E-state index < -0.39 is 13.5 Å². The van der Waals surface area contributed by atoms with Gasteiger partial charge in [-0.25, -0.2) is 0 Å². The molecule has 20 heavy (non-hydrogen) atoms. The molecule has 0 spiro atoms. The normalized spacial score (nSPS) is 13.9. The minimum absolute atomic E-state index is 0.0279. The Balaban J connectivity index is 2.90. The number of hydrogen-bond donors (Lipinski definition) is 0. The molecule has 1 heterocycles. The maximum atomic E-state index is 12.4. The second-order valence-electron chi connectivity index (χ2n) is 5.32. The number of carbonyl (C=O) groups excluding carboxylic acids is 1. The van der Waals surface area contributed by atoms with Gasteiger partial charge in [0.25, 0.3) is 0 Å². The van der Waals surface area contributed by atoms with Crippen LogP contribution < -0.4 is 0 Å². The molecule has 0 bridgehead atoms. The van der Waals surface area contributed by atoms with Crippen molar-refractivity contribution in [2.75, 3.05) is 0 Å². The van der Waals surface area contributed by atoms with Gasteiger partial charge in [-0.2, -0.15) is 0 Å². The Kier molecular flexibility index (Phi) is 6.59. The van der Waals surface area contributed by atoms with Crippen molar-refractivity contribution in [3.8, 4) is 0 Å². The third-order valence-electron chi connectivity index (χ3n) is 2.51. The Labute approximate surface area is 126 Å². The summed E-state index contributed by atoms with van der Waals surface area (Å²) < 4.78 is 12.8. The molecular weight excluding hydrogens is 299 g/mol. The van der Waals surface area contributed by atoms with Gasteiger partial charge < -0.3 is 0 Å². The summed E-state index contributed by atoms with van der Waals surface area (Å²) in [5, 5.41) is 3.36. The summed E-state index contributed by atoms with van der Waals surface area (Å²) in [7, 11) is -2.33. The summed E-state index contributed by atoms with van der Waals surface area (Å²) in [5.74, 6) is -0.282. The Bertz CT molecular complexity index is 452. The van der Waals surface area contributed by atoms with Crippen LogP contribution >= 0.6 is 20.0 Å². The zero-order valence-electron chi connectivity index (χ0n) is 12.9. The van der Waals surface area contributed by atoms with Crippen LogP contribution in [-0.2, 0) is 9.05 Å². The number of hydrogen-bond acceptors (Lipinski definition) is 4. The first-order valence-corrected chi connectivity index (χ1v) is 8.79. The number of rotatable bonds is 6. The predicted octanol–water partition coefficient (Wildman–Crippen LogP) is 3.33. The van der Waals surface area contributed by atoms with Crippen LogP contribution in [0.5, 0.6) is 0 Å². The molecule has 0 saturated heterocycles. The summed E-state index contributed by atoms with van der Waals surface area (Å²) in [5.41, 5.74) is 1.55. The van der Waals surface area contributed by atoms with E-state index in [2.05, 4.69) is 5.10 Å². The van der Waals surface area contributed by atoms with Crippen LogP contribution in [0.4, 0.5) is 0 Å². The van der Waals surface area contributed by atoms with Gasteiger partial charge >= 0.3 is 126 Å². The molecule has 0 aliphatic heterocycles. The molecule has 1 aromatic heterocycles. The van der Waals surface area contributed by atoms with Gasteiger partial charge in [-0.1, -0.05) is 0 Å². The molecule has 116 valence electrons. The number of nitrogens with zero attached hydrogens (tertiary/aromatic N) is 2. The maximum absolute atomic E-state index is 12.4. The molecule has 0 aliphatic carbocycles. The van der Waals surface area contributed by atoms with Gasteiger partial charge in [0.15, 0.2) is 0 Å². The first kappa shape index (κ1) is 17.6. The van der Waals surface area contributed by atoms with Crippen molar-refractivity contribution in [3.63, 3.8) is 0 Å². The van der Waals surface area contributed by atoms with Gasteiger partial charge in [0.1, 0.15) is 0 Å². The fraction of sp³-hybridized carbons (Fsp3) is 0.692. The van der Waals surface area contributed by atoms with Crippen LogP contribution in [0.3, 0.4) is 0 Å². The van der Waals surface area contributed by atoms with E-state index in [4.69, 9.17) is 20.6 Å². The summed E-state index contributed by atoms with van der Waals surface area (Å²) in [6.45, 7) is 11.3. The van der Waals surface area contributed by atoms with Crippen molar-refractivity contribution < 1.29 is 13.8 Å². The average Bonchev–Trinajstić information content (AvgIpc) is 2.64. The van der Waals surface area contributed by atoms with Gasteiger partial charge in [0.05, 0.1) is 0 Å². The van der Waals surface area contributed by atoms with Crippen LogP contribution in [0.15, 0.2) is 6.07 Å². The molecule has 0 fully saturated rings. The second kappa shape index (κ2) is 7.51. The topological polar surface area (TPSA) is 53.4 Å². The molecule has 0 aliphatic rings. The zero-order chi connectivity index (χ0) is 15.4. The van der Waals surface area contributed by atoms with Crippen molar-refractivity contribution in [3.05, 3.63) is 17.5 Å². The quantitative estimate of drug-likeness (QED) is 0.595. The summed E-state index contributed by atoms with van der Waals surface area (Å²) in [6.07, 6.45) is -0.0557. The molecule has 7 heteroatoms. The Morgan fingerprint density at radius 2 is 1.75 bits per heavy atom. The van der Waals surface area contributed by atoms with Crippen LogP contribution in [0.1, 0.15) is 43.9 Å². The number of alkyl halides is 1. The molecule has 1 unspecified atom stereocenters. The first-order chi connectivity index (χ1) is 9.22. The van der Waals surface area contributed by atoms with Crippen molar-refractivity contribution >= 4 is 25.9 Å². The van der Waals surface area contributed by atoms with E-state index in [-0.39, 0.29) is 18.1 Å². The molecule has 0 aromatic carbocycles. The number of aryl methyl sites for hydroxylation is 2. The molecule has 0 radical (unpaired) electrons. The summed E-state index contributed by atoms with van der Waals surface area (Å²) in [6, 6.07) is 1.84. The van der Waals surface area contributed by atoms with Crippen LogP contribution in [0.2, 0.25) is 0 Å². The molecular formula is C13H24ClN2O3P.